The van der Waals surface area contributed by atoms with Gasteiger partial charge in [-0.3, -0.25) is 9.52 Å². The number of ether oxygens (including phenoxy) is 1. The van der Waals surface area contributed by atoms with Crippen LogP contribution in [-0.2, 0) is 14.8 Å². The Morgan fingerprint density at radius 2 is 2.05 bits per heavy atom. The fourth-order valence-corrected chi connectivity index (χ4v) is 2.69. The van der Waals surface area contributed by atoms with Gasteiger partial charge < -0.3 is 10.1 Å². The second-order valence-electron chi connectivity index (χ2n) is 4.02. The number of amides is 1. The lowest BCUT2D eigenvalue weighted by Crippen LogP contribution is -2.17. The molecule has 0 radical (unpaired) electrons. The van der Waals surface area contributed by atoms with Crippen LogP contribution in [0.25, 0.3) is 0 Å². The molecule has 1 amide bonds. The molecule has 0 aliphatic heterocycles. The van der Waals surface area contributed by atoms with Crippen LogP contribution in [-0.4, -0.2) is 27.2 Å². The molecule has 0 bridgehead atoms. The van der Waals surface area contributed by atoms with Gasteiger partial charge in [-0.1, -0.05) is 6.92 Å². The van der Waals surface area contributed by atoms with Crippen LogP contribution in [0.15, 0.2) is 18.2 Å². The summed E-state index contributed by atoms with van der Waals surface area (Å²) < 4.78 is 31.0. The smallest absolute Gasteiger partial charge is 0.232 e. The van der Waals surface area contributed by atoms with Crippen LogP contribution in [0.3, 0.4) is 0 Å². The summed E-state index contributed by atoms with van der Waals surface area (Å²) in [7, 11) is -1.96. The highest BCUT2D eigenvalue weighted by Gasteiger charge is 2.13. The Bertz CT molecular complexity index is 555. The van der Waals surface area contributed by atoms with Crippen molar-refractivity contribution in [2.24, 2.45) is 0 Å². The fraction of sp³-hybridized carbons (Fsp3) is 0.417. The highest BCUT2D eigenvalue weighted by atomic mass is 32.2. The van der Waals surface area contributed by atoms with Crippen molar-refractivity contribution in [2.45, 2.75) is 20.3 Å². The summed E-state index contributed by atoms with van der Waals surface area (Å²) in [5, 5.41) is 2.58. The van der Waals surface area contributed by atoms with Gasteiger partial charge in [0.25, 0.3) is 0 Å². The molecule has 7 heteroatoms. The van der Waals surface area contributed by atoms with Crippen molar-refractivity contribution in [3.8, 4) is 5.75 Å². The molecule has 6 nitrogen and oxygen atoms in total. The van der Waals surface area contributed by atoms with Crippen LogP contribution < -0.4 is 14.8 Å². The van der Waals surface area contributed by atoms with Gasteiger partial charge in [-0.25, -0.2) is 8.42 Å². The van der Waals surface area contributed by atoms with Crippen molar-refractivity contribution < 1.29 is 17.9 Å². The summed E-state index contributed by atoms with van der Waals surface area (Å²) in [6.07, 6.45) is 0.517. The average Bonchev–Trinajstić information content (AvgIpc) is 2.27. The van der Waals surface area contributed by atoms with Crippen molar-refractivity contribution in [3.63, 3.8) is 0 Å². The Balaban J connectivity index is 3.05. The standard InChI is InChI=1S/C12H18N2O4S/c1-4-7-19(16,17)14-11-8-10(13-9(2)15)5-6-12(11)18-3/h5-6,8,14H,4,7H2,1-3H3,(H,13,15). The van der Waals surface area contributed by atoms with Crippen LogP contribution in [0.5, 0.6) is 5.75 Å². The molecule has 0 heterocycles. The first-order valence-electron chi connectivity index (χ1n) is 5.84. The second-order valence-corrected chi connectivity index (χ2v) is 5.86. The molecule has 0 aliphatic carbocycles. The van der Waals surface area contributed by atoms with Gasteiger partial charge in [0.05, 0.1) is 18.6 Å². The van der Waals surface area contributed by atoms with Crippen molar-refractivity contribution in [2.75, 3.05) is 22.9 Å². The van der Waals surface area contributed by atoms with E-state index in [1.165, 1.54) is 20.1 Å². The van der Waals surface area contributed by atoms with E-state index >= 15 is 0 Å². The first-order chi connectivity index (χ1) is 8.88. The number of hydrogen-bond acceptors (Lipinski definition) is 4. The number of sulfonamides is 1. The van der Waals surface area contributed by atoms with Gasteiger partial charge in [0.1, 0.15) is 5.75 Å². The van der Waals surface area contributed by atoms with Gasteiger partial charge in [-0.15, -0.1) is 0 Å². The minimum atomic E-state index is -3.41. The average molecular weight is 286 g/mol. The molecule has 19 heavy (non-hydrogen) atoms. The largest absolute Gasteiger partial charge is 0.495 e. The minimum absolute atomic E-state index is 0.0283. The molecule has 0 atom stereocenters. The molecule has 0 aromatic heterocycles. The summed E-state index contributed by atoms with van der Waals surface area (Å²) in [4.78, 5) is 11.0. The summed E-state index contributed by atoms with van der Waals surface area (Å²) in [5.74, 6) is 0.196. The molecule has 1 aromatic carbocycles. The first-order valence-corrected chi connectivity index (χ1v) is 7.49. The van der Waals surface area contributed by atoms with Gasteiger partial charge in [-0.2, -0.15) is 0 Å². The maximum absolute atomic E-state index is 11.7. The van der Waals surface area contributed by atoms with Gasteiger partial charge in [0, 0.05) is 12.6 Å². The fourth-order valence-electron chi connectivity index (χ4n) is 1.56. The number of nitrogens with one attached hydrogen (secondary N) is 2. The molecule has 0 fully saturated rings. The summed E-state index contributed by atoms with van der Waals surface area (Å²) >= 11 is 0. The lowest BCUT2D eigenvalue weighted by molar-refractivity contribution is -0.114. The molecule has 0 unspecified atom stereocenters. The first kappa shape index (κ1) is 15.3. The molecule has 0 saturated heterocycles. The Morgan fingerprint density at radius 1 is 1.37 bits per heavy atom. The quantitative estimate of drug-likeness (QED) is 0.835. The summed E-state index contributed by atoms with van der Waals surface area (Å²) in [5.41, 5.74) is 0.810. The van der Waals surface area contributed by atoms with Crippen molar-refractivity contribution in [1.82, 2.24) is 0 Å². The summed E-state index contributed by atoms with van der Waals surface area (Å²) in [6, 6.07) is 4.75. The molecule has 106 valence electrons. The van der Waals surface area contributed by atoms with Gasteiger partial charge in [0.2, 0.25) is 15.9 Å². The van der Waals surface area contributed by atoms with E-state index in [1.54, 1.807) is 19.1 Å². The normalized spacial score (nSPS) is 10.9. The monoisotopic (exact) mass is 286 g/mol. The van der Waals surface area contributed by atoms with Crippen LogP contribution >= 0.6 is 0 Å². The van der Waals surface area contributed by atoms with Gasteiger partial charge in [-0.05, 0) is 24.6 Å². The number of benzene rings is 1. The molecule has 2 N–H and O–H groups in total. The number of rotatable bonds is 6. The highest BCUT2D eigenvalue weighted by molar-refractivity contribution is 7.92. The molecule has 1 rings (SSSR count). The number of carbonyl (C=O) groups is 1. The minimum Gasteiger partial charge on any atom is -0.495 e. The zero-order chi connectivity index (χ0) is 14.5. The van der Waals surface area contributed by atoms with E-state index in [2.05, 4.69) is 10.0 Å². The molecule has 0 saturated carbocycles. The Morgan fingerprint density at radius 3 is 2.58 bits per heavy atom. The van der Waals surface area contributed by atoms with Crippen LogP contribution in [0.2, 0.25) is 0 Å². The zero-order valence-corrected chi connectivity index (χ0v) is 12.0. The lowest BCUT2D eigenvalue weighted by Gasteiger charge is -2.13. The van der Waals surface area contributed by atoms with Crippen LogP contribution in [0.1, 0.15) is 20.3 Å². The topological polar surface area (TPSA) is 84.5 Å². The molecule has 0 aliphatic rings. The van der Waals surface area contributed by atoms with E-state index in [0.717, 1.165) is 0 Å². The summed E-state index contributed by atoms with van der Waals surface area (Å²) in [6.45, 7) is 3.16. The van der Waals surface area contributed by atoms with E-state index in [9.17, 15) is 13.2 Å². The molecular formula is C12H18N2O4S. The maximum Gasteiger partial charge on any atom is 0.232 e. The number of methoxy groups -OCH3 is 1. The van der Waals surface area contributed by atoms with Crippen molar-refractivity contribution >= 4 is 27.3 Å². The third-order valence-corrected chi connectivity index (χ3v) is 3.73. The number of carbonyl (C=O) groups excluding carboxylic acids is 1. The Labute approximate surface area is 113 Å². The second kappa shape index (κ2) is 6.42. The Hall–Kier alpha value is -1.76. The number of anilines is 2. The molecule has 0 spiro atoms. The van der Waals surface area contributed by atoms with Crippen LogP contribution in [0, 0.1) is 0 Å². The third-order valence-electron chi connectivity index (χ3n) is 2.26. The van der Waals surface area contributed by atoms with E-state index in [-0.39, 0.29) is 11.7 Å². The van der Waals surface area contributed by atoms with Gasteiger partial charge >= 0.3 is 0 Å². The number of hydrogen-bond donors (Lipinski definition) is 2. The SMILES string of the molecule is CCCS(=O)(=O)Nc1cc(NC(C)=O)ccc1OC. The Kier molecular flexibility index (Phi) is 5.17. The van der Waals surface area contributed by atoms with E-state index < -0.39 is 10.0 Å². The van der Waals surface area contributed by atoms with Crippen molar-refractivity contribution in [1.29, 1.82) is 0 Å². The van der Waals surface area contributed by atoms with Gasteiger partial charge in [0.15, 0.2) is 0 Å². The van der Waals surface area contributed by atoms with Crippen molar-refractivity contribution in [3.05, 3.63) is 18.2 Å². The molecule has 1 aromatic rings. The predicted octanol–water partition coefficient (Wildman–Crippen LogP) is 1.81. The van der Waals surface area contributed by atoms with E-state index in [1.807, 2.05) is 0 Å². The lowest BCUT2D eigenvalue weighted by atomic mass is 10.2. The van der Waals surface area contributed by atoms with Crippen LogP contribution in [0.4, 0.5) is 11.4 Å². The maximum atomic E-state index is 11.7. The van der Waals surface area contributed by atoms with E-state index in [0.29, 0.717) is 23.5 Å². The highest BCUT2D eigenvalue weighted by Crippen LogP contribution is 2.28. The molecular weight excluding hydrogens is 268 g/mol. The zero-order valence-electron chi connectivity index (χ0n) is 11.2. The third kappa shape index (κ3) is 4.78. The predicted molar refractivity (Wildman–Crippen MR) is 75.0 cm³/mol. The van der Waals surface area contributed by atoms with E-state index in [4.69, 9.17) is 4.74 Å².